The molecule has 3 aromatic carbocycles. The van der Waals surface area contributed by atoms with Crippen LogP contribution in [0.5, 0.6) is 0 Å². The number of nitrogens with zero attached hydrogens (tertiary/aromatic N) is 2. The highest BCUT2D eigenvalue weighted by atomic mass is 35.5. The average Bonchev–Trinajstić information content (AvgIpc) is 3.16. The highest BCUT2D eigenvalue weighted by Crippen LogP contribution is 2.42. The van der Waals surface area contributed by atoms with Crippen molar-refractivity contribution < 1.29 is 9.59 Å². The molecule has 3 aromatic rings. The predicted molar refractivity (Wildman–Crippen MR) is 141 cm³/mol. The number of halogens is 1. The second-order valence-electron chi connectivity index (χ2n) is 8.23. The summed E-state index contributed by atoms with van der Waals surface area (Å²) in [4.78, 5) is 28.1. The van der Waals surface area contributed by atoms with Crippen molar-refractivity contribution in [3.63, 3.8) is 0 Å². The van der Waals surface area contributed by atoms with Gasteiger partial charge in [0.1, 0.15) is 16.7 Å². The van der Waals surface area contributed by atoms with E-state index in [2.05, 4.69) is 5.32 Å². The van der Waals surface area contributed by atoms with Crippen LogP contribution in [0.2, 0.25) is 5.02 Å². The number of amides is 2. The van der Waals surface area contributed by atoms with Crippen molar-refractivity contribution >= 4 is 40.9 Å². The standard InChI is InChI=1S/C28H24ClN3O2S/c1-19-10-12-23(13-11-19)32-27(34)25(17-21-8-5-9-22(29)16-21)35-28(32)24(18-30)26(33)31-15-14-20-6-3-2-4-7-20/h2-13,16,25H,14-15,17H2,1H3,(H,31,33)/b28-24+/t25-/m0/s1. The lowest BCUT2D eigenvalue weighted by Gasteiger charge is -2.19. The van der Waals surface area contributed by atoms with Crippen LogP contribution in [-0.2, 0) is 22.4 Å². The smallest absolute Gasteiger partial charge is 0.264 e. The third-order valence-corrected chi connectivity index (χ3v) is 7.15. The number of anilines is 1. The zero-order chi connectivity index (χ0) is 24.8. The van der Waals surface area contributed by atoms with Crippen molar-refractivity contribution in [1.82, 2.24) is 5.32 Å². The molecular weight excluding hydrogens is 478 g/mol. The molecule has 2 amide bonds. The molecule has 0 radical (unpaired) electrons. The van der Waals surface area contributed by atoms with Crippen molar-refractivity contribution in [2.45, 2.75) is 25.0 Å². The van der Waals surface area contributed by atoms with Gasteiger partial charge in [0.15, 0.2) is 0 Å². The van der Waals surface area contributed by atoms with Crippen LogP contribution < -0.4 is 10.2 Å². The van der Waals surface area contributed by atoms with Gasteiger partial charge >= 0.3 is 0 Å². The normalized spacial score (nSPS) is 16.7. The average molecular weight is 502 g/mol. The van der Waals surface area contributed by atoms with E-state index in [0.29, 0.717) is 35.1 Å². The van der Waals surface area contributed by atoms with Crippen LogP contribution in [0, 0.1) is 18.3 Å². The fourth-order valence-corrected chi connectivity index (χ4v) is 5.37. The summed E-state index contributed by atoms with van der Waals surface area (Å²) in [5, 5.41) is 13.3. The lowest BCUT2D eigenvalue weighted by Crippen LogP contribution is -2.32. The second kappa shape index (κ2) is 11.3. The minimum Gasteiger partial charge on any atom is -0.351 e. The van der Waals surface area contributed by atoms with Crippen LogP contribution in [0.25, 0.3) is 0 Å². The van der Waals surface area contributed by atoms with E-state index >= 15 is 0 Å². The van der Waals surface area contributed by atoms with Gasteiger partial charge < -0.3 is 5.32 Å². The largest absolute Gasteiger partial charge is 0.351 e. The Morgan fingerprint density at radius 2 is 1.77 bits per heavy atom. The second-order valence-corrected chi connectivity index (χ2v) is 9.86. The zero-order valence-electron chi connectivity index (χ0n) is 19.2. The van der Waals surface area contributed by atoms with Gasteiger partial charge in [-0.1, -0.05) is 83.5 Å². The number of hydrogen-bond acceptors (Lipinski definition) is 4. The third kappa shape index (κ3) is 5.94. The van der Waals surface area contributed by atoms with Gasteiger partial charge in [0.05, 0.1) is 5.25 Å². The van der Waals surface area contributed by atoms with Crippen LogP contribution >= 0.6 is 23.4 Å². The monoisotopic (exact) mass is 501 g/mol. The highest BCUT2D eigenvalue weighted by molar-refractivity contribution is 8.05. The predicted octanol–water partition coefficient (Wildman–Crippen LogP) is 5.43. The summed E-state index contributed by atoms with van der Waals surface area (Å²) < 4.78 is 0. The molecule has 1 fully saturated rings. The summed E-state index contributed by atoms with van der Waals surface area (Å²) in [6, 6.07) is 26.7. The molecular formula is C28H24ClN3O2S. The Labute approximate surface area is 214 Å². The van der Waals surface area contributed by atoms with E-state index in [1.165, 1.54) is 16.7 Å². The van der Waals surface area contributed by atoms with Crippen LogP contribution in [-0.4, -0.2) is 23.6 Å². The Balaban J connectivity index is 1.62. The molecule has 1 saturated heterocycles. The molecule has 0 aromatic heterocycles. The maximum Gasteiger partial charge on any atom is 0.264 e. The van der Waals surface area contributed by atoms with Crippen molar-refractivity contribution in [2.24, 2.45) is 0 Å². The molecule has 5 nitrogen and oxygen atoms in total. The minimum atomic E-state index is -0.487. The Morgan fingerprint density at radius 3 is 2.46 bits per heavy atom. The molecule has 1 aliphatic rings. The van der Waals surface area contributed by atoms with E-state index in [-0.39, 0.29) is 11.5 Å². The zero-order valence-corrected chi connectivity index (χ0v) is 20.8. The van der Waals surface area contributed by atoms with E-state index < -0.39 is 11.2 Å². The van der Waals surface area contributed by atoms with Crippen LogP contribution in [0.3, 0.4) is 0 Å². The maximum atomic E-state index is 13.5. The number of carbonyl (C=O) groups is 2. The number of hydrogen-bond donors (Lipinski definition) is 1. The molecule has 1 heterocycles. The van der Waals surface area contributed by atoms with Gasteiger partial charge in [0.2, 0.25) is 5.91 Å². The molecule has 7 heteroatoms. The lowest BCUT2D eigenvalue weighted by molar-refractivity contribution is -0.117. The molecule has 0 spiro atoms. The molecule has 1 aliphatic heterocycles. The van der Waals surface area contributed by atoms with Crippen LogP contribution in [0.1, 0.15) is 16.7 Å². The van der Waals surface area contributed by atoms with E-state index in [0.717, 1.165) is 16.7 Å². The number of rotatable bonds is 7. The van der Waals surface area contributed by atoms with Crippen LogP contribution in [0.15, 0.2) is 89.5 Å². The highest BCUT2D eigenvalue weighted by Gasteiger charge is 2.40. The van der Waals surface area contributed by atoms with Crippen molar-refractivity contribution in [2.75, 3.05) is 11.4 Å². The molecule has 0 bridgehead atoms. The summed E-state index contributed by atoms with van der Waals surface area (Å²) in [6.07, 6.45) is 1.08. The van der Waals surface area contributed by atoms with Crippen molar-refractivity contribution in [3.8, 4) is 6.07 Å². The van der Waals surface area contributed by atoms with E-state index in [9.17, 15) is 14.9 Å². The number of thioether (sulfide) groups is 1. The van der Waals surface area contributed by atoms with Crippen molar-refractivity contribution in [3.05, 3.63) is 111 Å². The Kier molecular flexibility index (Phi) is 7.91. The summed E-state index contributed by atoms with van der Waals surface area (Å²) >= 11 is 7.38. The molecule has 1 N–H and O–H groups in total. The number of nitrogens with one attached hydrogen (secondary N) is 1. The van der Waals surface area contributed by atoms with Crippen molar-refractivity contribution in [1.29, 1.82) is 5.26 Å². The molecule has 35 heavy (non-hydrogen) atoms. The Bertz CT molecular complexity index is 1300. The first-order valence-electron chi connectivity index (χ1n) is 11.2. The molecule has 1 atom stereocenters. The first-order valence-corrected chi connectivity index (χ1v) is 12.5. The van der Waals surface area contributed by atoms with Gasteiger partial charge in [-0.25, -0.2) is 0 Å². The molecule has 4 rings (SSSR count). The molecule has 0 aliphatic carbocycles. The Hall–Kier alpha value is -3.53. The first kappa shape index (κ1) is 24.6. The van der Waals surface area contributed by atoms with E-state index in [1.54, 1.807) is 6.07 Å². The molecule has 0 unspecified atom stereocenters. The van der Waals surface area contributed by atoms with E-state index in [4.69, 9.17) is 11.6 Å². The number of carbonyl (C=O) groups excluding carboxylic acids is 2. The number of benzene rings is 3. The first-order chi connectivity index (χ1) is 17.0. The van der Waals surface area contributed by atoms with Gasteiger partial charge in [-0.2, -0.15) is 5.26 Å². The van der Waals surface area contributed by atoms with Crippen LogP contribution in [0.4, 0.5) is 5.69 Å². The third-order valence-electron chi connectivity index (χ3n) is 5.65. The fraction of sp³-hybridized carbons (Fsp3) is 0.179. The van der Waals surface area contributed by atoms with Gasteiger partial charge in [-0.3, -0.25) is 14.5 Å². The number of aryl methyl sites for hydroxylation is 1. The van der Waals surface area contributed by atoms with Gasteiger partial charge in [-0.05, 0) is 55.2 Å². The topological polar surface area (TPSA) is 73.2 Å². The summed E-state index contributed by atoms with van der Waals surface area (Å²) in [5.74, 6) is -0.655. The summed E-state index contributed by atoms with van der Waals surface area (Å²) in [6.45, 7) is 2.35. The van der Waals surface area contributed by atoms with Gasteiger partial charge in [0.25, 0.3) is 5.91 Å². The minimum absolute atomic E-state index is 0.0643. The quantitative estimate of drug-likeness (QED) is 0.346. The summed E-state index contributed by atoms with van der Waals surface area (Å²) in [5.41, 5.74) is 3.62. The maximum absolute atomic E-state index is 13.5. The Morgan fingerprint density at radius 1 is 1.06 bits per heavy atom. The molecule has 176 valence electrons. The number of nitriles is 1. The lowest BCUT2D eigenvalue weighted by atomic mass is 10.1. The fourth-order valence-electron chi connectivity index (χ4n) is 3.85. The SMILES string of the molecule is Cc1ccc(N2C(=O)[C@H](Cc3cccc(Cl)c3)S/C2=C(\C#N)C(=O)NCCc2ccccc2)cc1. The molecule has 0 saturated carbocycles. The summed E-state index contributed by atoms with van der Waals surface area (Å²) in [7, 11) is 0. The van der Waals surface area contributed by atoms with Gasteiger partial charge in [-0.15, -0.1) is 0 Å². The van der Waals surface area contributed by atoms with E-state index in [1.807, 2.05) is 85.8 Å². The van der Waals surface area contributed by atoms with Gasteiger partial charge in [0, 0.05) is 17.3 Å².